The standard InChI is InChI=1S/C20H19Cl2N3OS/c1-10-7-11(2)9-13(8-10)24-19(26)16-12(3)23-20(27)25-18(16)17-14(21)5-4-6-15(17)22/h4-9,18H,1-3H3,(H,24,26)(H2,23,25,27)/t18-/m0/s1. The zero-order valence-electron chi connectivity index (χ0n) is 15.1. The van der Waals surface area contributed by atoms with E-state index in [2.05, 4.69) is 22.0 Å². The number of rotatable bonds is 3. The van der Waals surface area contributed by atoms with Gasteiger partial charge in [0.2, 0.25) is 0 Å². The fourth-order valence-electron chi connectivity index (χ4n) is 3.24. The summed E-state index contributed by atoms with van der Waals surface area (Å²) in [6, 6.07) is 10.6. The van der Waals surface area contributed by atoms with Crippen LogP contribution < -0.4 is 16.0 Å². The van der Waals surface area contributed by atoms with Gasteiger partial charge >= 0.3 is 0 Å². The number of aryl methyl sites for hydroxylation is 2. The van der Waals surface area contributed by atoms with Crippen LogP contribution in [0.2, 0.25) is 10.0 Å². The lowest BCUT2D eigenvalue weighted by molar-refractivity contribution is -0.113. The van der Waals surface area contributed by atoms with Crippen LogP contribution in [0.5, 0.6) is 0 Å². The molecule has 0 bridgehead atoms. The van der Waals surface area contributed by atoms with E-state index in [1.165, 1.54) is 0 Å². The van der Waals surface area contributed by atoms with Crippen LogP contribution in [0, 0.1) is 13.8 Å². The average molecular weight is 420 g/mol. The van der Waals surface area contributed by atoms with Crippen molar-refractivity contribution in [2.24, 2.45) is 0 Å². The molecule has 1 amide bonds. The van der Waals surface area contributed by atoms with E-state index in [9.17, 15) is 4.79 Å². The maximum Gasteiger partial charge on any atom is 0.255 e. The van der Waals surface area contributed by atoms with Gasteiger partial charge in [0, 0.05) is 27.0 Å². The van der Waals surface area contributed by atoms with Crippen molar-refractivity contribution in [2.75, 3.05) is 5.32 Å². The zero-order valence-corrected chi connectivity index (χ0v) is 17.4. The first-order valence-corrected chi connectivity index (χ1v) is 9.54. The van der Waals surface area contributed by atoms with Crippen molar-refractivity contribution in [1.29, 1.82) is 0 Å². The van der Waals surface area contributed by atoms with Crippen LogP contribution >= 0.6 is 35.4 Å². The molecule has 0 aliphatic carbocycles. The second-order valence-corrected chi connectivity index (χ2v) is 7.76. The van der Waals surface area contributed by atoms with Gasteiger partial charge in [0.15, 0.2) is 5.11 Å². The second kappa shape index (κ2) is 7.89. The number of anilines is 1. The van der Waals surface area contributed by atoms with Gasteiger partial charge in [0.25, 0.3) is 5.91 Å². The molecule has 0 spiro atoms. The van der Waals surface area contributed by atoms with Crippen LogP contribution in [0.3, 0.4) is 0 Å². The summed E-state index contributed by atoms with van der Waals surface area (Å²) >= 11 is 18.1. The third-order valence-electron chi connectivity index (χ3n) is 4.28. The Morgan fingerprint density at radius 2 is 1.67 bits per heavy atom. The van der Waals surface area contributed by atoms with Crippen LogP contribution in [0.15, 0.2) is 47.7 Å². The fourth-order valence-corrected chi connectivity index (χ4v) is 4.13. The quantitative estimate of drug-likeness (QED) is 0.609. The van der Waals surface area contributed by atoms with Crippen molar-refractivity contribution < 1.29 is 4.79 Å². The summed E-state index contributed by atoms with van der Waals surface area (Å²) in [4.78, 5) is 13.1. The minimum absolute atomic E-state index is 0.249. The SMILES string of the molecule is CC1=C(C(=O)Nc2cc(C)cc(C)c2)[C@@H](c2c(Cl)cccc2Cl)NC(=S)N1. The molecular weight excluding hydrogens is 401 g/mol. The molecule has 4 nitrogen and oxygen atoms in total. The van der Waals surface area contributed by atoms with Crippen molar-refractivity contribution in [1.82, 2.24) is 10.6 Å². The molecule has 3 rings (SSSR count). The normalized spacial score (nSPS) is 16.6. The molecule has 0 aromatic heterocycles. The Morgan fingerprint density at radius 3 is 2.26 bits per heavy atom. The Labute approximate surface area is 173 Å². The van der Waals surface area contributed by atoms with Crippen LogP contribution in [0.25, 0.3) is 0 Å². The number of halogens is 2. The van der Waals surface area contributed by atoms with E-state index in [-0.39, 0.29) is 5.91 Å². The molecule has 0 saturated heterocycles. The molecule has 0 radical (unpaired) electrons. The number of hydrogen-bond donors (Lipinski definition) is 3. The smallest absolute Gasteiger partial charge is 0.255 e. The predicted octanol–water partition coefficient (Wildman–Crippen LogP) is 5.04. The molecule has 1 atom stereocenters. The minimum atomic E-state index is -0.550. The van der Waals surface area contributed by atoms with Gasteiger partial charge in [-0.05, 0) is 68.4 Å². The number of carbonyl (C=O) groups excluding carboxylic acids is 1. The second-order valence-electron chi connectivity index (χ2n) is 6.54. The van der Waals surface area contributed by atoms with Crippen molar-refractivity contribution in [3.05, 3.63) is 74.4 Å². The first kappa shape index (κ1) is 19.7. The molecule has 3 N–H and O–H groups in total. The Bertz CT molecular complexity index is 931. The van der Waals surface area contributed by atoms with Crippen molar-refractivity contribution in [3.8, 4) is 0 Å². The molecule has 0 saturated carbocycles. The highest BCUT2D eigenvalue weighted by atomic mass is 35.5. The van der Waals surface area contributed by atoms with Gasteiger partial charge in [-0.15, -0.1) is 0 Å². The number of thiocarbonyl (C=S) groups is 1. The van der Waals surface area contributed by atoms with Crippen molar-refractivity contribution >= 4 is 52.1 Å². The molecule has 0 unspecified atom stereocenters. The van der Waals surface area contributed by atoms with Crippen LogP contribution in [0.1, 0.15) is 29.7 Å². The monoisotopic (exact) mass is 419 g/mol. The van der Waals surface area contributed by atoms with Gasteiger partial charge in [-0.25, -0.2) is 0 Å². The summed E-state index contributed by atoms with van der Waals surface area (Å²) in [5, 5.41) is 10.4. The minimum Gasteiger partial charge on any atom is -0.351 e. The fraction of sp³-hybridized carbons (Fsp3) is 0.200. The van der Waals surface area contributed by atoms with Crippen LogP contribution in [-0.2, 0) is 4.79 Å². The summed E-state index contributed by atoms with van der Waals surface area (Å²) in [7, 11) is 0. The molecule has 0 fully saturated rings. The summed E-state index contributed by atoms with van der Waals surface area (Å²) in [6.07, 6.45) is 0. The number of amides is 1. The zero-order chi connectivity index (χ0) is 19.7. The Balaban J connectivity index is 2.02. The van der Waals surface area contributed by atoms with Crippen molar-refractivity contribution in [2.45, 2.75) is 26.8 Å². The molecule has 7 heteroatoms. The van der Waals surface area contributed by atoms with Gasteiger partial charge in [0.1, 0.15) is 0 Å². The summed E-state index contributed by atoms with van der Waals surface area (Å²) in [5.41, 5.74) is 4.63. The van der Waals surface area contributed by atoms with Crippen LogP contribution in [-0.4, -0.2) is 11.0 Å². The van der Waals surface area contributed by atoms with E-state index in [1.54, 1.807) is 25.1 Å². The summed E-state index contributed by atoms with van der Waals surface area (Å²) in [5.74, 6) is -0.249. The van der Waals surface area contributed by atoms with Gasteiger partial charge in [0.05, 0.1) is 11.6 Å². The summed E-state index contributed by atoms with van der Waals surface area (Å²) < 4.78 is 0. The highest BCUT2D eigenvalue weighted by Crippen LogP contribution is 2.36. The maximum absolute atomic E-state index is 13.1. The lowest BCUT2D eigenvalue weighted by Crippen LogP contribution is -2.46. The Hall–Kier alpha value is -2.08. The Morgan fingerprint density at radius 1 is 1.07 bits per heavy atom. The topological polar surface area (TPSA) is 53.2 Å². The number of nitrogens with one attached hydrogen (secondary N) is 3. The number of benzene rings is 2. The molecule has 1 aliphatic heterocycles. The first-order chi connectivity index (χ1) is 12.8. The molecule has 140 valence electrons. The molecular formula is C20H19Cl2N3OS. The van der Waals surface area contributed by atoms with E-state index in [0.717, 1.165) is 16.8 Å². The van der Waals surface area contributed by atoms with E-state index in [4.69, 9.17) is 35.4 Å². The van der Waals surface area contributed by atoms with E-state index < -0.39 is 6.04 Å². The number of carbonyl (C=O) groups is 1. The van der Waals surface area contributed by atoms with E-state index in [0.29, 0.717) is 32.0 Å². The number of hydrogen-bond acceptors (Lipinski definition) is 2. The molecule has 2 aromatic carbocycles. The molecule has 1 aliphatic rings. The van der Waals surface area contributed by atoms with Gasteiger partial charge in [-0.3, -0.25) is 4.79 Å². The first-order valence-electron chi connectivity index (χ1n) is 8.38. The van der Waals surface area contributed by atoms with Gasteiger partial charge in [-0.2, -0.15) is 0 Å². The van der Waals surface area contributed by atoms with E-state index >= 15 is 0 Å². The molecule has 1 heterocycles. The highest BCUT2D eigenvalue weighted by Gasteiger charge is 2.32. The number of allylic oxidation sites excluding steroid dienone is 1. The third kappa shape index (κ3) is 4.26. The molecule has 2 aromatic rings. The van der Waals surface area contributed by atoms with Gasteiger partial charge in [-0.1, -0.05) is 35.3 Å². The maximum atomic E-state index is 13.1. The van der Waals surface area contributed by atoms with Gasteiger partial charge < -0.3 is 16.0 Å². The molecule has 27 heavy (non-hydrogen) atoms. The van der Waals surface area contributed by atoms with E-state index in [1.807, 2.05) is 26.0 Å². The highest BCUT2D eigenvalue weighted by molar-refractivity contribution is 7.80. The summed E-state index contributed by atoms with van der Waals surface area (Å²) in [6.45, 7) is 5.78. The average Bonchev–Trinajstić information content (AvgIpc) is 2.52. The van der Waals surface area contributed by atoms with Crippen molar-refractivity contribution in [3.63, 3.8) is 0 Å². The largest absolute Gasteiger partial charge is 0.351 e. The third-order valence-corrected chi connectivity index (χ3v) is 5.16. The predicted molar refractivity (Wildman–Crippen MR) is 115 cm³/mol. The lowest BCUT2D eigenvalue weighted by Gasteiger charge is -2.31. The van der Waals surface area contributed by atoms with Crippen LogP contribution in [0.4, 0.5) is 5.69 Å². The Kier molecular flexibility index (Phi) is 5.75. The lowest BCUT2D eigenvalue weighted by atomic mass is 9.94.